The molecule has 32 heavy (non-hydrogen) atoms. The van der Waals surface area contributed by atoms with Crippen LogP contribution < -0.4 is 16.0 Å². The molecular formula is C19H33N3O10. The van der Waals surface area contributed by atoms with Crippen molar-refractivity contribution in [1.82, 2.24) is 16.0 Å². The fraction of sp³-hybridized carbons (Fsp3) is 0.737. The fourth-order valence-corrected chi connectivity index (χ4v) is 2.18. The summed E-state index contributed by atoms with van der Waals surface area (Å²) < 4.78 is 20.5. The van der Waals surface area contributed by atoms with E-state index in [4.69, 9.17) is 24.1 Å². The Morgan fingerprint density at radius 2 is 1.41 bits per heavy atom. The number of hydrogen-bond acceptors (Lipinski definition) is 9. The molecule has 4 N–H and O–H groups in total. The van der Waals surface area contributed by atoms with E-state index in [0.29, 0.717) is 32.7 Å². The van der Waals surface area contributed by atoms with E-state index in [9.17, 15) is 24.0 Å². The first-order valence-electron chi connectivity index (χ1n) is 10.1. The molecule has 0 radical (unpaired) electrons. The van der Waals surface area contributed by atoms with Crippen LogP contribution in [0.15, 0.2) is 0 Å². The molecule has 0 aromatic heterocycles. The number of amides is 3. The maximum Gasteiger partial charge on any atom is 0.326 e. The largest absolute Gasteiger partial charge is 0.480 e. The predicted octanol–water partition coefficient (Wildman–Crippen LogP) is -2.15. The molecular weight excluding hydrogens is 430 g/mol. The van der Waals surface area contributed by atoms with Crippen molar-refractivity contribution >= 4 is 30.0 Å². The number of ether oxygens (including phenoxy) is 4. The number of aldehydes is 1. The van der Waals surface area contributed by atoms with Gasteiger partial charge in [-0.1, -0.05) is 0 Å². The lowest BCUT2D eigenvalue weighted by molar-refractivity contribution is -0.141. The topological polar surface area (TPSA) is 179 Å². The lowest BCUT2D eigenvalue weighted by Crippen LogP contribution is -2.40. The second-order valence-electron chi connectivity index (χ2n) is 6.35. The van der Waals surface area contributed by atoms with Crippen LogP contribution in [0.1, 0.15) is 19.8 Å². The Balaban J connectivity index is 3.51. The molecule has 0 spiro atoms. The first kappa shape index (κ1) is 29.4. The highest BCUT2D eigenvalue weighted by atomic mass is 16.5. The molecule has 0 fully saturated rings. The van der Waals surface area contributed by atoms with Gasteiger partial charge in [0.25, 0.3) is 0 Å². The minimum absolute atomic E-state index is 0.0144. The first-order chi connectivity index (χ1) is 15.4. The van der Waals surface area contributed by atoms with Crippen LogP contribution in [0.3, 0.4) is 0 Å². The fourth-order valence-electron chi connectivity index (χ4n) is 2.18. The highest BCUT2D eigenvalue weighted by Crippen LogP contribution is 1.98. The predicted molar refractivity (Wildman–Crippen MR) is 110 cm³/mol. The molecule has 0 rings (SSSR count). The normalized spacial score (nSPS) is 11.4. The van der Waals surface area contributed by atoms with Gasteiger partial charge in [-0.05, 0) is 6.42 Å². The lowest BCUT2D eigenvalue weighted by atomic mass is 10.1. The third-order valence-electron chi connectivity index (χ3n) is 3.64. The van der Waals surface area contributed by atoms with Crippen LogP contribution in [0.5, 0.6) is 0 Å². The summed E-state index contributed by atoms with van der Waals surface area (Å²) >= 11 is 0. The Labute approximate surface area is 186 Å². The molecule has 0 saturated carbocycles. The molecule has 0 saturated heterocycles. The molecule has 0 aliphatic carbocycles. The Morgan fingerprint density at radius 1 is 0.844 bits per heavy atom. The van der Waals surface area contributed by atoms with Gasteiger partial charge >= 0.3 is 5.97 Å². The van der Waals surface area contributed by atoms with E-state index >= 15 is 0 Å². The zero-order valence-corrected chi connectivity index (χ0v) is 18.3. The van der Waals surface area contributed by atoms with Crippen molar-refractivity contribution in [2.24, 2.45) is 0 Å². The van der Waals surface area contributed by atoms with Crippen LogP contribution in [0.25, 0.3) is 0 Å². The smallest absolute Gasteiger partial charge is 0.326 e. The SMILES string of the molecule is CC(=O)N[C@@H](CCC(=O)NCCOCCOCC(=O)NCCOCCOCC=O)C(=O)O. The van der Waals surface area contributed by atoms with Gasteiger partial charge < -0.3 is 44.8 Å². The number of hydrogen-bond donors (Lipinski definition) is 4. The molecule has 13 heteroatoms. The van der Waals surface area contributed by atoms with Crippen LogP contribution in [0.4, 0.5) is 0 Å². The van der Waals surface area contributed by atoms with Crippen LogP contribution >= 0.6 is 0 Å². The molecule has 13 nitrogen and oxygen atoms in total. The summed E-state index contributed by atoms with van der Waals surface area (Å²) in [6, 6.07) is -1.11. The van der Waals surface area contributed by atoms with E-state index in [1.807, 2.05) is 0 Å². The number of carbonyl (C=O) groups is 5. The number of nitrogens with one attached hydrogen (secondary N) is 3. The minimum atomic E-state index is -1.20. The number of carboxylic acid groups (broad SMARTS) is 1. The summed E-state index contributed by atoms with van der Waals surface area (Å²) in [5.74, 6) is -2.32. The summed E-state index contributed by atoms with van der Waals surface area (Å²) in [6.07, 6.45) is 0.594. The molecule has 0 bridgehead atoms. The monoisotopic (exact) mass is 463 g/mol. The van der Waals surface area contributed by atoms with Crippen molar-refractivity contribution in [2.75, 3.05) is 65.9 Å². The zero-order valence-electron chi connectivity index (χ0n) is 18.3. The average Bonchev–Trinajstić information content (AvgIpc) is 2.74. The molecule has 0 heterocycles. The summed E-state index contributed by atoms with van der Waals surface area (Å²) in [4.78, 5) is 55.1. The van der Waals surface area contributed by atoms with Crippen molar-refractivity contribution in [1.29, 1.82) is 0 Å². The molecule has 1 atom stereocenters. The van der Waals surface area contributed by atoms with Gasteiger partial charge in [-0.15, -0.1) is 0 Å². The van der Waals surface area contributed by atoms with E-state index in [1.165, 1.54) is 6.92 Å². The number of aliphatic carboxylic acids is 1. The third-order valence-corrected chi connectivity index (χ3v) is 3.64. The molecule has 3 amide bonds. The van der Waals surface area contributed by atoms with E-state index < -0.39 is 17.9 Å². The van der Waals surface area contributed by atoms with E-state index in [0.717, 1.165) is 0 Å². The third kappa shape index (κ3) is 19.4. The van der Waals surface area contributed by atoms with Crippen molar-refractivity contribution in [3.63, 3.8) is 0 Å². The van der Waals surface area contributed by atoms with Gasteiger partial charge in [0.1, 0.15) is 25.5 Å². The van der Waals surface area contributed by atoms with Gasteiger partial charge in [0.2, 0.25) is 17.7 Å². The molecule has 0 aliphatic rings. The van der Waals surface area contributed by atoms with Crippen LogP contribution in [-0.2, 0) is 42.9 Å². The van der Waals surface area contributed by atoms with Gasteiger partial charge in [0.15, 0.2) is 0 Å². The second kappa shape index (κ2) is 20.3. The summed E-state index contributed by atoms with van der Waals surface area (Å²) in [7, 11) is 0. The Bertz CT molecular complexity index is 574. The van der Waals surface area contributed by atoms with Crippen molar-refractivity contribution in [3.8, 4) is 0 Å². The van der Waals surface area contributed by atoms with Crippen LogP contribution in [0, 0.1) is 0 Å². The number of carbonyl (C=O) groups excluding carboxylic acids is 4. The highest BCUT2D eigenvalue weighted by molar-refractivity contribution is 5.83. The van der Waals surface area contributed by atoms with Gasteiger partial charge in [0.05, 0.1) is 39.6 Å². The molecule has 0 unspecified atom stereocenters. The highest BCUT2D eigenvalue weighted by Gasteiger charge is 2.19. The quantitative estimate of drug-likeness (QED) is 0.108. The van der Waals surface area contributed by atoms with Crippen molar-refractivity contribution in [3.05, 3.63) is 0 Å². The van der Waals surface area contributed by atoms with Gasteiger partial charge in [-0.3, -0.25) is 14.4 Å². The first-order valence-corrected chi connectivity index (χ1v) is 10.1. The lowest BCUT2D eigenvalue weighted by Gasteiger charge is -2.13. The summed E-state index contributed by atoms with van der Waals surface area (Å²) in [5.41, 5.74) is 0. The molecule has 0 aromatic carbocycles. The summed E-state index contributed by atoms with van der Waals surface area (Å²) in [6.45, 7) is 3.28. The van der Waals surface area contributed by atoms with E-state index in [-0.39, 0.29) is 64.2 Å². The van der Waals surface area contributed by atoms with Crippen LogP contribution in [-0.4, -0.2) is 107 Å². The Morgan fingerprint density at radius 3 is 1.97 bits per heavy atom. The van der Waals surface area contributed by atoms with Gasteiger partial charge in [0, 0.05) is 26.4 Å². The van der Waals surface area contributed by atoms with Crippen molar-refractivity contribution < 1.29 is 48.0 Å². The Kier molecular flexibility index (Phi) is 18.6. The van der Waals surface area contributed by atoms with Crippen molar-refractivity contribution in [2.45, 2.75) is 25.8 Å². The zero-order chi connectivity index (χ0) is 24.0. The van der Waals surface area contributed by atoms with E-state index in [1.54, 1.807) is 0 Å². The van der Waals surface area contributed by atoms with E-state index in [2.05, 4.69) is 16.0 Å². The Hall–Kier alpha value is -2.61. The molecule has 0 aliphatic heterocycles. The van der Waals surface area contributed by atoms with Crippen LogP contribution in [0.2, 0.25) is 0 Å². The number of rotatable bonds is 21. The minimum Gasteiger partial charge on any atom is -0.480 e. The standard InChI is InChI=1S/C19H33N3O10/c1-15(24)22-16(19(27)28)2-3-17(25)20-4-7-30-12-13-32-14-18(26)21-5-8-29-10-11-31-9-6-23/h6,16H,2-5,7-14H2,1H3,(H,20,25)(H,21,26)(H,22,24)(H,27,28)/t16-/m0/s1. The van der Waals surface area contributed by atoms with Gasteiger partial charge in [-0.25, -0.2) is 4.79 Å². The summed E-state index contributed by atoms with van der Waals surface area (Å²) in [5, 5.41) is 16.4. The maximum absolute atomic E-state index is 11.7. The maximum atomic E-state index is 11.7. The van der Waals surface area contributed by atoms with Gasteiger partial charge in [-0.2, -0.15) is 0 Å². The molecule has 0 aromatic rings. The molecule has 184 valence electrons. The number of carboxylic acids is 1. The average molecular weight is 463 g/mol. The second-order valence-corrected chi connectivity index (χ2v) is 6.35.